The van der Waals surface area contributed by atoms with E-state index in [0.29, 0.717) is 10.9 Å². The molecule has 0 amide bonds. The van der Waals surface area contributed by atoms with E-state index in [4.69, 9.17) is 0 Å². The largest absolute Gasteiger partial charge is 0.370 e. The van der Waals surface area contributed by atoms with Crippen LogP contribution in [0.4, 0.5) is 5.69 Å². The number of nitriles is 1. The molecule has 2 aromatic heterocycles. The molecule has 0 radical (unpaired) electrons. The molecule has 1 aliphatic carbocycles. The molecule has 0 unspecified atom stereocenters. The summed E-state index contributed by atoms with van der Waals surface area (Å²) in [5.74, 6) is 0. The van der Waals surface area contributed by atoms with Crippen molar-refractivity contribution in [3.63, 3.8) is 0 Å². The van der Waals surface area contributed by atoms with Crippen LogP contribution in [-0.2, 0) is 6.54 Å². The average molecular weight is 337 g/mol. The molecule has 1 N–H and O–H groups in total. The Kier molecular flexibility index (Phi) is 3.77. The lowest BCUT2D eigenvalue weighted by molar-refractivity contribution is 0.384. The number of pyridine rings is 2. The van der Waals surface area contributed by atoms with Gasteiger partial charge >= 0.3 is 0 Å². The van der Waals surface area contributed by atoms with Gasteiger partial charge < -0.3 is 14.8 Å². The van der Waals surface area contributed by atoms with Gasteiger partial charge in [0.25, 0.3) is 5.56 Å². The molecule has 2 aliphatic rings. The van der Waals surface area contributed by atoms with E-state index in [1.807, 2.05) is 20.2 Å². The van der Waals surface area contributed by atoms with Crippen LogP contribution in [0.3, 0.4) is 0 Å². The van der Waals surface area contributed by atoms with Crippen LogP contribution in [0.5, 0.6) is 0 Å². The quantitative estimate of drug-likeness (QED) is 0.929. The Labute approximate surface area is 147 Å². The number of piperidine rings is 1. The van der Waals surface area contributed by atoms with Gasteiger partial charge in [0.2, 0.25) is 0 Å². The molecule has 0 aromatic carbocycles. The van der Waals surface area contributed by atoms with E-state index in [1.165, 1.54) is 12.8 Å². The minimum absolute atomic E-state index is 0.223. The normalized spacial score (nSPS) is 18.7. The van der Waals surface area contributed by atoms with Crippen molar-refractivity contribution in [3.8, 4) is 6.07 Å². The first kappa shape index (κ1) is 16.1. The molecule has 0 atom stereocenters. The van der Waals surface area contributed by atoms with Crippen LogP contribution in [0.2, 0.25) is 0 Å². The first-order chi connectivity index (χ1) is 12.0. The third-order valence-corrected chi connectivity index (χ3v) is 5.62. The Morgan fingerprint density at radius 1 is 1.32 bits per heavy atom. The van der Waals surface area contributed by atoms with Gasteiger partial charge in [-0.15, -0.1) is 0 Å². The highest BCUT2D eigenvalue weighted by Crippen LogP contribution is 2.54. The summed E-state index contributed by atoms with van der Waals surface area (Å²) in [6.07, 6.45) is 6.69. The summed E-state index contributed by atoms with van der Waals surface area (Å²) in [4.78, 5) is 23.9. The number of fused-ring (bicyclic) bond motifs is 1. The van der Waals surface area contributed by atoms with Crippen molar-refractivity contribution in [3.05, 3.63) is 33.9 Å². The number of hydrogen-bond donors (Lipinski definition) is 1. The lowest BCUT2D eigenvalue weighted by Gasteiger charge is -2.34. The van der Waals surface area contributed by atoms with Gasteiger partial charge in [-0.05, 0) is 51.3 Å². The van der Waals surface area contributed by atoms with Crippen molar-refractivity contribution in [1.29, 1.82) is 5.26 Å². The zero-order valence-electron chi connectivity index (χ0n) is 14.8. The second-order valence-electron chi connectivity index (χ2n) is 7.74. The summed E-state index contributed by atoms with van der Waals surface area (Å²) in [7, 11) is 4.00. The molecule has 0 bridgehead atoms. The summed E-state index contributed by atoms with van der Waals surface area (Å²) < 4.78 is 0. The highest BCUT2D eigenvalue weighted by molar-refractivity contribution is 5.94. The van der Waals surface area contributed by atoms with Crippen molar-refractivity contribution >= 4 is 16.6 Å². The molecule has 130 valence electrons. The second kappa shape index (κ2) is 5.85. The van der Waals surface area contributed by atoms with Crippen molar-refractivity contribution in [2.45, 2.75) is 32.2 Å². The average Bonchev–Trinajstić information content (AvgIpc) is 3.33. The summed E-state index contributed by atoms with van der Waals surface area (Å²) in [6, 6.07) is 4.15. The Balaban J connectivity index is 1.83. The van der Waals surface area contributed by atoms with Crippen LogP contribution in [0, 0.1) is 16.7 Å². The van der Waals surface area contributed by atoms with Gasteiger partial charge in [0.1, 0.15) is 11.6 Å². The third-order valence-electron chi connectivity index (χ3n) is 5.62. The van der Waals surface area contributed by atoms with Crippen molar-refractivity contribution < 1.29 is 0 Å². The SMILES string of the molecule is CN(C)Cc1cc2c(N3CCC4(CC3)CC4)c(C#N)c(=O)[nH]c2cn1. The van der Waals surface area contributed by atoms with E-state index in [9.17, 15) is 10.1 Å². The Morgan fingerprint density at radius 2 is 2.04 bits per heavy atom. The smallest absolute Gasteiger partial charge is 0.268 e. The maximum atomic E-state index is 12.4. The standard InChI is InChI=1S/C19H23N5O/c1-23(2)12-13-9-14-16(11-21-13)22-18(25)15(10-20)17(14)24-7-5-19(3-4-19)6-8-24/h9,11H,3-8,12H2,1-2H3,(H,22,25). The predicted molar refractivity (Wildman–Crippen MR) is 97.6 cm³/mol. The number of nitrogens with one attached hydrogen (secondary N) is 1. The molecule has 3 heterocycles. The van der Waals surface area contributed by atoms with E-state index >= 15 is 0 Å². The maximum Gasteiger partial charge on any atom is 0.268 e. The number of anilines is 1. The molecule has 1 aliphatic heterocycles. The topological polar surface area (TPSA) is 76.0 Å². The van der Waals surface area contributed by atoms with Crippen LogP contribution in [0.15, 0.2) is 17.1 Å². The summed E-state index contributed by atoms with van der Waals surface area (Å²) in [5.41, 5.74) is 2.88. The number of H-pyrrole nitrogens is 1. The van der Waals surface area contributed by atoms with Crippen LogP contribution < -0.4 is 10.5 Å². The molecule has 2 fully saturated rings. The lowest BCUT2D eigenvalue weighted by Crippen LogP contribution is -2.36. The fourth-order valence-electron chi connectivity index (χ4n) is 3.95. The van der Waals surface area contributed by atoms with E-state index < -0.39 is 0 Å². The molecule has 1 saturated carbocycles. The number of rotatable bonds is 3. The highest BCUT2D eigenvalue weighted by Gasteiger charge is 2.44. The molecule has 1 saturated heterocycles. The van der Waals surface area contributed by atoms with Crippen molar-refractivity contribution in [1.82, 2.24) is 14.9 Å². The zero-order chi connectivity index (χ0) is 17.6. The highest BCUT2D eigenvalue weighted by atomic mass is 16.1. The predicted octanol–water partition coefficient (Wildman–Crippen LogP) is 2.24. The fourth-order valence-corrected chi connectivity index (χ4v) is 3.95. The van der Waals surface area contributed by atoms with Crippen LogP contribution in [0.25, 0.3) is 10.9 Å². The molecule has 4 rings (SSSR count). The molecular formula is C19H23N5O. The van der Waals surface area contributed by atoms with Gasteiger partial charge in [-0.3, -0.25) is 9.78 Å². The van der Waals surface area contributed by atoms with Crippen molar-refractivity contribution in [2.24, 2.45) is 5.41 Å². The molecule has 1 spiro atoms. The maximum absolute atomic E-state index is 12.4. The molecule has 25 heavy (non-hydrogen) atoms. The Morgan fingerprint density at radius 3 is 2.64 bits per heavy atom. The molecule has 2 aromatic rings. The van der Waals surface area contributed by atoms with Crippen LogP contribution in [-0.4, -0.2) is 42.1 Å². The monoisotopic (exact) mass is 337 g/mol. The van der Waals surface area contributed by atoms with Gasteiger partial charge in [0.05, 0.1) is 23.1 Å². The number of hydrogen-bond acceptors (Lipinski definition) is 5. The Bertz CT molecular complexity index is 910. The Hall–Kier alpha value is -2.39. The summed E-state index contributed by atoms with van der Waals surface area (Å²) in [6.45, 7) is 2.55. The minimum Gasteiger partial charge on any atom is -0.370 e. The van der Waals surface area contributed by atoms with E-state index in [2.05, 4.69) is 25.8 Å². The first-order valence-corrected chi connectivity index (χ1v) is 8.86. The third kappa shape index (κ3) is 2.89. The number of nitrogens with zero attached hydrogens (tertiary/aromatic N) is 4. The first-order valence-electron chi connectivity index (χ1n) is 8.86. The zero-order valence-corrected chi connectivity index (χ0v) is 14.8. The van der Waals surface area contributed by atoms with E-state index in [0.717, 1.165) is 49.2 Å². The lowest BCUT2D eigenvalue weighted by atomic mass is 9.92. The van der Waals surface area contributed by atoms with Crippen LogP contribution in [0.1, 0.15) is 36.9 Å². The van der Waals surface area contributed by atoms with Crippen LogP contribution >= 0.6 is 0 Å². The fraction of sp³-hybridized carbons (Fsp3) is 0.526. The summed E-state index contributed by atoms with van der Waals surface area (Å²) in [5, 5.41) is 10.5. The molecule has 6 nitrogen and oxygen atoms in total. The van der Waals surface area contributed by atoms with Gasteiger partial charge in [0.15, 0.2) is 0 Å². The summed E-state index contributed by atoms with van der Waals surface area (Å²) >= 11 is 0. The second-order valence-corrected chi connectivity index (χ2v) is 7.74. The van der Waals surface area contributed by atoms with Gasteiger partial charge in [-0.25, -0.2) is 0 Å². The van der Waals surface area contributed by atoms with Gasteiger partial charge in [-0.2, -0.15) is 5.26 Å². The minimum atomic E-state index is -0.320. The molecule has 6 heteroatoms. The molecular weight excluding hydrogens is 314 g/mol. The van der Waals surface area contributed by atoms with Gasteiger partial charge in [0, 0.05) is 25.0 Å². The van der Waals surface area contributed by atoms with E-state index in [-0.39, 0.29) is 11.1 Å². The van der Waals surface area contributed by atoms with E-state index in [1.54, 1.807) is 6.20 Å². The van der Waals surface area contributed by atoms with Crippen molar-refractivity contribution in [2.75, 3.05) is 32.1 Å². The van der Waals surface area contributed by atoms with Gasteiger partial charge in [-0.1, -0.05) is 0 Å². The number of aromatic nitrogens is 2. The number of aromatic amines is 1.